The molecule has 4 heteroatoms. The molecule has 0 amide bonds. The van der Waals surface area contributed by atoms with Crippen LogP contribution in [0.5, 0.6) is 5.75 Å². The summed E-state index contributed by atoms with van der Waals surface area (Å²) in [6, 6.07) is 0. The molecule has 0 aromatic carbocycles. The molecule has 14 heavy (non-hydrogen) atoms. The first kappa shape index (κ1) is 11.0. The van der Waals surface area contributed by atoms with E-state index in [1.807, 2.05) is 13.8 Å². The first-order valence-electron chi connectivity index (χ1n) is 4.55. The van der Waals surface area contributed by atoms with Gasteiger partial charge in [0.15, 0.2) is 0 Å². The second-order valence-corrected chi connectivity index (χ2v) is 4.15. The van der Waals surface area contributed by atoms with Gasteiger partial charge < -0.3 is 9.84 Å². The molecule has 1 rings (SSSR count). The van der Waals surface area contributed by atoms with Crippen LogP contribution in [0.4, 0.5) is 0 Å². The van der Waals surface area contributed by atoms with Crippen molar-refractivity contribution in [2.24, 2.45) is 0 Å². The second kappa shape index (κ2) is 4.46. The number of rotatable bonds is 3. The highest BCUT2D eigenvalue weighted by molar-refractivity contribution is 7.10. The Hall–Kier alpha value is -1.03. The smallest absolute Gasteiger partial charge is 0.343 e. The van der Waals surface area contributed by atoms with E-state index in [1.165, 1.54) is 11.3 Å². The monoisotopic (exact) mass is 214 g/mol. The fourth-order valence-corrected chi connectivity index (χ4v) is 2.13. The van der Waals surface area contributed by atoms with E-state index < -0.39 is 5.97 Å². The Morgan fingerprint density at radius 1 is 1.64 bits per heavy atom. The number of hydrogen-bond donors (Lipinski definition) is 1. The van der Waals surface area contributed by atoms with Gasteiger partial charge in [-0.2, -0.15) is 0 Å². The molecule has 1 N–H and O–H groups in total. The topological polar surface area (TPSA) is 46.5 Å². The number of esters is 1. The molecule has 78 valence electrons. The number of carbonyl (C=O) groups is 1. The Morgan fingerprint density at radius 3 is 2.79 bits per heavy atom. The highest BCUT2D eigenvalue weighted by Crippen LogP contribution is 2.34. The first-order valence-corrected chi connectivity index (χ1v) is 5.43. The number of carbonyl (C=O) groups excluding carboxylic acids is 1. The minimum Gasteiger partial charge on any atom is -0.506 e. The van der Waals surface area contributed by atoms with Crippen molar-refractivity contribution in [3.63, 3.8) is 0 Å². The lowest BCUT2D eigenvalue weighted by Crippen LogP contribution is -2.06. The van der Waals surface area contributed by atoms with Gasteiger partial charge in [0.05, 0.1) is 6.61 Å². The molecule has 0 atom stereocenters. The van der Waals surface area contributed by atoms with Crippen molar-refractivity contribution in [1.29, 1.82) is 0 Å². The molecule has 0 bridgehead atoms. The maximum atomic E-state index is 11.5. The molecule has 0 fully saturated rings. The largest absolute Gasteiger partial charge is 0.506 e. The zero-order chi connectivity index (χ0) is 10.7. The van der Waals surface area contributed by atoms with Gasteiger partial charge in [0.1, 0.15) is 11.3 Å². The van der Waals surface area contributed by atoms with Crippen LogP contribution in [0.1, 0.15) is 41.9 Å². The molecule has 3 nitrogen and oxygen atoms in total. The Balaban J connectivity index is 3.04. The van der Waals surface area contributed by atoms with Crippen molar-refractivity contribution < 1.29 is 14.6 Å². The predicted molar refractivity (Wildman–Crippen MR) is 56.0 cm³/mol. The normalized spacial score (nSPS) is 10.6. The third-order valence-electron chi connectivity index (χ3n) is 1.80. The fourth-order valence-electron chi connectivity index (χ4n) is 1.20. The minimum atomic E-state index is -0.435. The summed E-state index contributed by atoms with van der Waals surface area (Å²) < 4.78 is 4.87. The van der Waals surface area contributed by atoms with Gasteiger partial charge in [-0.3, -0.25) is 0 Å². The summed E-state index contributed by atoms with van der Waals surface area (Å²) >= 11 is 1.39. The summed E-state index contributed by atoms with van der Waals surface area (Å²) in [5.74, 6) is -0.188. The fraction of sp³-hybridized carbons (Fsp3) is 0.500. The van der Waals surface area contributed by atoms with Gasteiger partial charge in [0, 0.05) is 10.3 Å². The molecule has 0 saturated carbocycles. The van der Waals surface area contributed by atoms with Crippen LogP contribution in [-0.2, 0) is 4.74 Å². The van der Waals surface area contributed by atoms with E-state index in [9.17, 15) is 9.90 Å². The van der Waals surface area contributed by atoms with Gasteiger partial charge in [-0.05, 0) is 12.8 Å². The Bertz CT molecular complexity index is 328. The van der Waals surface area contributed by atoms with Crippen LogP contribution in [0, 0.1) is 0 Å². The molecule has 0 saturated heterocycles. The molecule has 1 aromatic rings. The number of ether oxygens (including phenoxy) is 1. The van der Waals surface area contributed by atoms with Crippen LogP contribution in [-0.4, -0.2) is 17.7 Å². The minimum absolute atomic E-state index is 0.0251. The van der Waals surface area contributed by atoms with Crippen molar-refractivity contribution in [1.82, 2.24) is 0 Å². The van der Waals surface area contributed by atoms with E-state index in [4.69, 9.17) is 4.74 Å². The Morgan fingerprint density at radius 2 is 2.29 bits per heavy atom. The summed E-state index contributed by atoms with van der Waals surface area (Å²) in [5, 5.41) is 11.1. The summed E-state index contributed by atoms with van der Waals surface area (Å²) in [5.41, 5.74) is 0.326. The number of aromatic hydroxyl groups is 1. The summed E-state index contributed by atoms with van der Waals surface area (Å²) in [6.07, 6.45) is 0. The number of hydrogen-bond acceptors (Lipinski definition) is 4. The highest BCUT2D eigenvalue weighted by atomic mass is 32.1. The quantitative estimate of drug-likeness (QED) is 0.787. The van der Waals surface area contributed by atoms with Crippen LogP contribution < -0.4 is 0 Å². The molecule has 0 aliphatic carbocycles. The molecular formula is C10H14O3S. The lowest BCUT2D eigenvalue weighted by molar-refractivity contribution is 0.0522. The third-order valence-corrected chi connectivity index (χ3v) is 3.07. The first-order chi connectivity index (χ1) is 6.57. The summed E-state index contributed by atoms with van der Waals surface area (Å²) in [4.78, 5) is 12.4. The Labute approximate surface area is 87.3 Å². The van der Waals surface area contributed by atoms with Crippen molar-refractivity contribution in [2.75, 3.05) is 6.61 Å². The second-order valence-electron chi connectivity index (χ2n) is 3.24. The van der Waals surface area contributed by atoms with E-state index in [-0.39, 0.29) is 11.7 Å². The van der Waals surface area contributed by atoms with Crippen LogP contribution in [0.3, 0.4) is 0 Å². The van der Waals surface area contributed by atoms with E-state index in [2.05, 4.69) is 0 Å². The predicted octanol–water partition coefficient (Wildman–Crippen LogP) is 2.75. The zero-order valence-corrected chi connectivity index (χ0v) is 9.35. The van der Waals surface area contributed by atoms with Gasteiger partial charge >= 0.3 is 5.97 Å². The van der Waals surface area contributed by atoms with E-state index >= 15 is 0 Å². The van der Waals surface area contributed by atoms with Gasteiger partial charge in [-0.1, -0.05) is 13.8 Å². The molecular weight excluding hydrogens is 200 g/mol. The average Bonchev–Trinajstić information content (AvgIpc) is 2.47. The van der Waals surface area contributed by atoms with Crippen molar-refractivity contribution in [3.8, 4) is 5.75 Å². The molecule has 0 aliphatic rings. The van der Waals surface area contributed by atoms with Crippen molar-refractivity contribution in [3.05, 3.63) is 15.8 Å². The average molecular weight is 214 g/mol. The summed E-state index contributed by atoms with van der Waals surface area (Å²) in [7, 11) is 0. The molecule has 0 spiro atoms. The van der Waals surface area contributed by atoms with Crippen molar-refractivity contribution >= 4 is 17.3 Å². The molecule has 1 aromatic heterocycles. The number of thiophene rings is 1. The highest BCUT2D eigenvalue weighted by Gasteiger charge is 2.21. The lowest BCUT2D eigenvalue weighted by Gasteiger charge is -2.06. The van der Waals surface area contributed by atoms with Gasteiger partial charge in [-0.25, -0.2) is 4.79 Å². The van der Waals surface area contributed by atoms with E-state index in [0.717, 1.165) is 4.88 Å². The molecule has 0 aliphatic heterocycles. The van der Waals surface area contributed by atoms with Gasteiger partial charge in [0.25, 0.3) is 0 Å². The third kappa shape index (κ3) is 2.07. The Kier molecular flexibility index (Phi) is 3.52. The summed E-state index contributed by atoms with van der Waals surface area (Å²) in [6.45, 7) is 6.03. The van der Waals surface area contributed by atoms with Crippen LogP contribution in [0.15, 0.2) is 5.38 Å². The SMILES string of the molecule is CCOC(=O)c1c(O)csc1C(C)C. The molecule has 0 radical (unpaired) electrons. The maximum absolute atomic E-state index is 11.5. The van der Waals surface area contributed by atoms with Gasteiger partial charge in [-0.15, -0.1) is 11.3 Å². The van der Waals surface area contributed by atoms with E-state index in [1.54, 1.807) is 12.3 Å². The zero-order valence-electron chi connectivity index (χ0n) is 8.53. The maximum Gasteiger partial charge on any atom is 0.343 e. The van der Waals surface area contributed by atoms with Crippen LogP contribution in [0.25, 0.3) is 0 Å². The van der Waals surface area contributed by atoms with Crippen molar-refractivity contribution in [2.45, 2.75) is 26.7 Å². The van der Waals surface area contributed by atoms with Crippen LogP contribution in [0.2, 0.25) is 0 Å². The van der Waals surface area contributed by atoms with E-state index in [0.29, 0.717) is 12.2 Å². The lowest BCUT2D eigenvalue weighted by atomic mass is 10.1. The van der Waals surface area contributed by atoms with Crippen LogP contribution >= 0.6 is 11.3 Å². The molecule has 0 unspecified atom stereocenters. The standard InChI is InChI=1S/C10H14O3S/c1-4-13-10(12)8-7(11)5-14-9(8)6(2)3/h5-6,11H,4H2,1-3H3. The van der Waals surface area contributed by atoms with Gasteiger partial charge in [0.2, 0.25) is 0 Å². The molecule has 1 heterocycles.